The van der Waals surface area contributed by atoms with Crippen molar-refractivity contribution in [2.45, 2.75) is 12.5 Å². The molecule has 0 saturated carbocycles. The number of phenolic OH excluding ortho intramolecular Hbond substituents is 1. The second kappa shape index (κ2) is 6.99. The van der Waals surface area contributed by atoms with Gasteiger partial charge in [0, 0.05) is 17.1 Å². The fourth-order valence-electron chi connectivity index (χ4n) is 1.95. The van der Waals surface area contributed by atoms with Crippen molar-refractivity contribution in [3.63, 3.8) is 0 Å². The molecule has 0 aliphatic rings. The summed E-state index contributed by atoms with van der Waals surface area (Å²) in [6.45, 7) is 0. The molecule has 0 aliphatic heterocycles. The summed E-state index contributed by atoms with van der Waals surface area (Å²) < 4.78 is 4.83. The Balaban J connectivity index is 2.12. The van der Waals surface area contributed by atoms with Crippen LogP contribution in [0, 0.1) is 0 Å². The average Bonchev–Trinajstić information content (AvgIpc) is 2.50. The number of esters is 1. The van der Waals surface area contributed by atoms with Crippen LogP contribution in [0.3, 0.4) is 0 Å². The number of methoxy groups -OCH3 is 1. The summed E-state index contributed by atoms with van der Waals surface area (Å²) in [4.78, 5) is 11.9. The third-order valence-corrected chi connectivity index (χ3v) is 3.30. The zero-order chi connectivity index (χ0) is 15.2. The third-order valence-electron chi connectivity index (χ3n) is 3.05. The predicted molar refractivity (Wildman–Crippen MR) is 82.7 cm³/mol. The highest BCUT2D eigenvalue weighted by Gasteiger charge is 2.19. The number of carbonyl (C=O) groups excluding carboxylic acids is 1. The van der Waals surface area contributed by atoms with E-state index in [1.807, 2.05) is 0 Å². The Hall–Kier alpha value is -2.20. The molecule has 2 aromatic rings. The SMILES string of the molecule is COC(=O)C(Cc1ccc(O)cc1)Nc1ccc(Cl)cc1. The summed E-state index contributed by atoms with van der Waals surface area (Å²) in [5.74, 6) is -0.156. The van der Waals surface area contributed by atoms with Gasteiger partial charge in [-0.2, -0.15) is 0 Å². The minimum atomic E-state index is -0.513. The van der Waals surface area contributed by atoms with Gasteiger partial charge in [0.1, 0.15) is 11.8 Å². The average molecular weight is 306 g/mol. The van der Waals surface area contributed by atoms with Crippen molar-refractivity contribution in [1.82, 2.24) is 0 Å². The quantitative estimate of drug-likeness (QED) is 0.833. The first kappa shape index (κ1) is 15.2. The molecule has 0 saturated heterocycles. The van der Waals surface area contributed by atoms with E-state index < -0.39 is 6.04 Å². The molecule has 1 unspecified atom stereocenters. The number of halogens is 1. The Morgan fingerprint density at radius 2 is 1.81 bits per heavy atom. The van der Waals surface area contributed by atoms with Gasteiger partial charge in [0.25, 0.3) is 0 Å². The van der Waals surface area contributed by atoms with E-state index in [4.69, 9.17) is 16.3 Å². The fourth-order valence-corrected chi connectivity index (χ4v) is 2.08. The molecule has 21 heavy (non-hydrogen) atoms. The van der Waals surface area contributed by atoms with Gasteiger partial charge in [-0.25, -0.2) is 4.79 Å². The molecule has 0 bridgehead atoms. The first-order valence-electron chi connectivity index (χ1n) is 6.46. The molecule has 0 amide bonds. The van der Waals surface area contributed by atoms with Crippen LogP contribution in [0.4, 0.5) is 5.69 Å². The predicted octanol–water partition coefficient (Wildman–Crippen LogP) is 3.24. The number of benzene rings is 2. The standard InChI is InChI=1S/C16H16ClNO3/c1-21-16(20)15(10-11-2-8-14(19)9-3-11)18-13-6-4-12(17)5-7-13/h2-9,15,18-19H,10H2,1H3. The Labute approximate surface area is 128 Å². The minimum Gasteiger partial charge on any atom is -0.508 e. The van der Waals surface area contributed by atoms with Crippen LogP contribution in [0.2, 0.25) is 5.02 Å². The third kappa shape index (κ3) is 4.39. The minimum absolute atomic E-state index is 0.194. The Bertz CT molecular complexity index is 548. The lowest BCUT2D eigenvalue weighted by molar-refractivity contribution is -0.141. The maximum absolute atomic E-state index is 11.9. The molecular formula is C16H16ClNO3. The highest BCUT2D eigenvalue weighted by molar-refractivity contribution is 6.30. The van der Waals surface area contributed by atoms with E-state index >= 15 is 0 Å². The number of aromatic hydroxyl groups is 1. The fraction of sp³-hybridized carbons (Fsp3) is 0.188. The number of hydrogen-bond acceptors (Lipinski definition) is 4. The maximum Gasteiger partial charge on any atom is 0.328 e. The Morgan fingerprint density at radius 1 is 1.19 bits per heavy atom. The molecule has 2 aromatic carbocycles. The molecule has 1 atom stereocenters. The molecule has 0 radical (unpaired) electrons. The highest BCUT2D eigenvalue weighted by atomic mass is 35.5. The zero-order valence-corrected chi connectivity index (χ0v) is 12.3. The number of hydrogen-bond donors (Lipinski definition) is 2. The Kier molecular flexibility index (Phi) is 5.06. The van der Waals surface area contributed by atoms with Crippen molar-refractivity contribution in [2.75, 3.05) is 12.4 Å². The molecule has 0 aromatic heterocycles. The zero-order valence-electron chi connectivity index (χ0n) is 11.5. The van der Waals surface area contributed by atoms with Gasteiger partial charge >= 0.3 is 5.97 Å². The van der Waals surface area contributed by atoms with Crippen LogP contribution in [-0.2, 0) is 16.0 Å². The normalized spacial score (nSPS) is 11.7. The molecule has 0 fully saturated rings. The van der Waals surface area contributed by atoms with Crippen LogP contribution in [-0.4, -0.2) is 24.2 Å². The molecule has 2 rings (SSSR count). The first-order valence-corrected chi connectivity index (χ1v) is 6.84. The van der Waals surface area contributed by atoms with Crippen LogP contribution < -0.4 is 5.32 Å². The van der Waals surface area contributed by atoms with Crippen molar-refractivity contribution in [3.8, 4) is 5.75 Å². The van der Waals surface area contributed by atoms with Gasteiger partial charge in [0.2, 0.25) is 0 Å². The van der Waals surface area contributed by atoms with E-state index in [2.05, 4.69) is 5.32 Å². The van der Waals surface area contributed by atoms with Crippen molar-refractivity contribution >= 4 is 23.3 Å². The lowest BCUT2D eigenvalue weighted by Gasteiger charge is -2.18. The summed E-state index contributed by atoms with van der Waals surface area (Å²) in [7, 11) is 1.36. The summed E-state index contributed by atoms with van der Waals surface area (Å²) in [5, 5.41) is 13.0. The summed E-state index contributed by atoms with van der Waals surface area (Å²) >= 11 is 5.84. The van der Waals surface area contributed by atoms with Gasteiger partial charge in [0.15, 0.2) is 0 Å². The van der Waals surface area contributed by atoms with Crippen molar-refractivity contribution in [3.05, 3.63) is 59.1 Å². The van der Waals surface area contributed by atoms with E-state index in [-0.39, 0.29) is 11.7 Å². The van der Waals surface area contributed by atoms with Gasteiger partial charge in [0.05, 0.1) is 7.11 Å². The molecule has 0 aliphatic carbocycles. The van der Waals surface area contributed by atoms with Crippen LogP contribution in [0.1, 0.15) is 5.56 Å². The summed E-state index contributed by atoms with van der Waals surface area (Å²) in [5.41, 5.74) is 1.71. The van der Waals surface area contributed by atoms with Crippen molar-refractivity contribution in [2.24, 2.45) is 0 Å². The van der Waals surface area contributed by atoms with Crippen molar-refractivity contribution in [1.29, 1.82) is 0 Å². The van der Waals surface area contributed by atoms with Crippen LogP contribution >= 0.6 is 11.6 Å². The first-order chi connectivity index (χ1) is 10.1. The molecule has 4 nitrogen and oxygen atoms in total. The monoisotopic (exact) mass is 305 g/mol. The van der Waals surface area contributed by atoms with E-state index in [9.17, 15) is 9.90 Å². The number of anilines is 1. The number of nitrogens with one attached hydrogen (secondary N) is 1. The van der Waals surface area contributed by atoms with Gasteiger partial charge in [-0.3, -0.25) is 0 Å². The lowest BCUT2D eigenvalue weighted by atomic mass is 10.1. The number of ether oxygens (including phenoxy) is 1. The lowest BCUT2D eigenvalue weighted by Crippen LogP contribution is -2.32. The number of phenols is 1. The van der Waals surface area contributed by atoms with Gasteiger partial charge < -0.3 is 15.2 Å². The van der Waals surface area contributed by atoms with Gasteiger partial charge in [-0.1, -0.05) is 23.7 Å². The maximum atomic E-state index is 11.9. The van der Waals surface area contributed by atoms with E-state index in [1.54, 1.807) is 48.5 Å². The summed E-state index contributed by atoms with van der Waals surface area (Å²) in [6, 6.07) is 13.3. The van der Waals surface area contributed by atoms with Crippen LogP contribution in [0.25, 0.3) is 0 Å². The Morgan fingerprint density at radius 3 is 2.38 bits per heavy atom. The van der Waals surface area contributed by atoms with E-state index in [0.29, 0.717) is 11.4 Å². The van der Waals surface area contributed by atoms with Crippen molar-refractivity contribution < 1.29 is 14.6 Å². The number of carbonyl (C=O) groups is 1. The molecular weight excluding hydrogens is 290 g/mol. The molecule has 0 spiro atoms. The molecule has 5 heteroatoms. The number of rotatable bonds is 5. The van der Waals surface area contributed by atoms with Crippen LogP contribution in [0.15, 0.2) is 48.5 Å². The second-order valence-corrected chi connectivity index (χ2v) is 5.03. The second-order valence-electron chi connectivity index (χ2n) is 4.60. The van der Waals surface area contributed by atoms with E-state index in [1.165, 1.54) is 7.11 Å². The molecule has 2 N–H and O–H groups in total. The topological polar surface area (TPSA) is 58.6 Å². The largest absolute Gasteiger partial charge is 0.508 e. The highest BCUT2D eigenvalue weighted by Crippen LogP contribution is 2.17. The molecule has 0 heterocycles. The van der Waals surface area contributed by atoms with Crippen LogP contribution in [0.5, 0.6) is 5.75 Å². The smallest absolute Gasteiger partial charge is 0.328 e. The summed E-state index contributed by atoms with van der Waals surface area (Å²) in [6.07, 6.45) is 0.454. The van der Waals surface area contributed by atoms with Gasteiger partial charge in [-0.15, -0.1) is 0 Å². The van der Waals surface area contributed by atoms with Gasteiger partial charge in [-0.05, 0) is 42.0 Å². The molecule has 110 valence electrons. The van der Waals surface area contributed by atoms with E-state index in [0.717, 1.165) is 11.3 Å².